The number of rotatable bonds is 3. The molecule has 6 heteroatoms. The highest BCUT2D eigenvalue weighted by atomic mass is 19.1. The molecule has 3 atom stereocenters. The van der Waals surface area contributed by atoms with Crippen molar-refractivity contribution < 1.29 is 19.1 Å². The van der Waals surface area contributed by atoms with E-state index in [2.05, 4.69) is 10.6 Å². The van der Waals surface area contributed by atoms with Crippen molar-refractivity contribution in [2.45, 2.75) is 25.3 Å². The van der Waals surface area contributed by atoms with Gasteiger partial charge < -0.3 is 15.7 Å². The minimum Gasteiger partial charge on any atom is -0.478 e. The molecule has 1 aromatic carbocycles. The summed E-state index contributed by atoms with van der Waals surface area (Å²) in [5.74, 6) is -1.23. The average Bonchev–Trinajstić information content (AvgIpc) is 3.00. The van der Waals surface area contributed by atoms with E-state index in [-0.39, 0.29) is 23.2 Å². The Morgan fingerprint density at radius 1 is 1.33 bits per heavy atom. The van der Waals surface area contributed by atoms with Gasteiger partial charge in [0.2, 0.25) is 5.91 Å². The Morgan fingerprint density at radius 3 is 2.90 bits per heavy atom. The fourth-order valence-corrected chi connectivity index (χ4v) is 3.49. The number of carboxylic acid groups (broad SMARTS) is 1. The van der Waals surface area contributed by atoms with E-state index in [9.17, 15) is 14.0 Å². The molecule has 3 rings (SSSR count). The molecule has 1 heterocycles. The molecule has 2 fully saturated rings. The number of anilines is 1. The van der Waals surface area contributed by atoms with Crippen LogP contribution in [0, 0.1) is 17.7 Å². The van der Waals surface area contributed by atoms with E-state index < -0.39 is 11.8 Å². The van der Waals surface area contributed by atoms with Crippen molar-refractivity contribution in [3.8, 4) is 0 Å². The number of hydrogen-bond donors (Lipinski definition) is 3. The van der Waals surface area contributed by atoms with Gasteiger partial charge in [0, 0.05) is 0 Å². The van der Waals surface area contributed by atoms with Gasteiger partial charge in [-0.2, -0.15) is 0 Å². The first-order valence-electron chi connectivity index (χ1n) is 7.13. The zero-order valence-electron chi connectivity index (χ0n) is 11.4. The molecule has 1 aromatic rings. The van der Waals surface area contributed by atoms with Gasteiger partial charge in [0.25, 0.3) is 0 Å². The van der Waals surface area contributed by atoms with Gasteiger partial charge in [0.1, 0.15) is 5.82 Å². The molecule has 3 N–H and O–H groups in total. The van der Waals surface area contributed by atoms with Gasteiger partial charge in [0.05, 0.1) is 17.3 Å². The smallest absolute Gasteiger partial charge is 0.337 e. The van der Waals surface area contributed by atoms with Crippen molar-refractivity contribution in [3.63, 3.8) is 0 Å². The van der Waals surface area contributed by atoms with Gasteiger partial charge in [-0.3, -0.25) is 4.79 Å². The quantitative estimate of drug-likeness (QED) is 0.794. The highest BCUT2D eigenvalue weighted by Gasteiger charge is 2.42. The summed E-state index contributed by atoms with van der Waals surface area (Å²) in [4.78, 5) is 23.5. The molecule has 21 heavy (non-hydrogen) atoms. The molecule has 5 nitrogen and oxygen atoms in total. The standard InChI is InChI=1S/C15H17FN2O3/c16-9-4-5-11(15(20)21)12(6-9)18-14(19)13-10-3-1-2-8(10)7-17-13/h4-6,8,10,13,17H,1-3,7H2,(H,18,19)(H,20,21). The van der Waals surface area contributed by atoms with E-state index in [4.69, 9.17) is 5.11 Å². The van der Waals surface area contributed by atoms with Crippen LogP contribution in [0.15, 0.2) is 18.2 Å². The number of fused-ring (bicyclic) bond motifs is 1. The lowest BCUT2D eigenvalue weighted by Crippen LogP contribution is -2.40. The van der Waals surface area contributed by atoms with Crippen molar-refractivity contribution in [1.82, 2.24) is 5.32 Å². The van der Waals surface area contributed by atoms with Gasteiger partial charge in [-0.15, -0.1) is 0 Å². The lowest BCUT2D eigenvalue weighted by molar-refractivity contribution is -0.118. The Hall–Kier alpha value is -1.95. The lowest BCUT2D eigenvalue weighted by atomic mass is 9.93. The number of carbonyl (C=O) groups excluding carboxylic acids is 1. The van der Waals surface area contributed by atoms with E-state index >= 15 is 0 Å². The number of halogens is 1. The third-order valence-electron chi connectivity index (χ3n) is 4.50. The zero-order chi connectivity index (χ0) is 15.0. The van der Waals surface area contributed by atoms with Crippen LogP contribution in [-0.2, 0) is 4.79 Å². The van der Waals surface area contributed by atoms with E-state index in [1.54, 1.807) is 0 Å². The van der Waals surface area contributed by atoms with Gasteiger partial charge in [-0.25, -0.2) is 9.18 Å². The molecule has 1 aliphatic heterocycles. The number of aromatic carboxylic acids is 1. The monoisotopic (exact) mass is 292 g/mol. The topological polar surface area (TPSA) is 78.4 Å². The highest BCUT2D eigenvalue weighted by Crippen LogP contribution is 2.38. The summed E-state index contributed by atoms with van der Waals surface area (Å²) in [6.45, 7) is 0.817. The predicted molar refractivity (Wildman–Crippen MR) is 74.6 cm³/mol. The Labute approximate surface area is 121 Å². The maximum Gasteiger partial charge on any atom is 0.337 e. The number of amides is 1. The van der Waals surface area contributed by atoms with E-state index in [1.165, 1.54) is 0 Å². The molecule has 1 aliphatic carbocycles. The second-order valence-corrected chi connectivity index (χ2v) is 5.73. The Bertz CT molecular complexity index is 590. The molecular formula is C15H17FN2O3. The predicted octanol–water partition coefficient (Wildman–Crippen LogP) is 1.85. The molecule has 1 saturated carbocycles. The second kappa shape index (κ2) is 5.44. The molecule has 1 amide bonds. The Balaban J connectivity index is 1.78. The fourth-order valence-electron chi connectivity index (χ4n) is 3.49. The van der Waals surface area contributed by atoms with Crippen molar-refractivity contribution >= 4 is 17.6 Å². The van der Waals surface area contributed by atoms with Crippen LogP contribution in [0.1, 0.15) is 29.6 Å². The van der Waals surface area contributed by atoms with Crippen LogP contribution in [0.2, 0.25) is 0 Å². The van der Waals surface area contributed by atoms with Crippen LogP contribution in [0.3, 0.4) is 0 Å². The molecular weight excluding hydrogens is 275 g/mol. The first-order chi connectivity index (χ1) is 10.1. The van der Waals surface area contributed by atoms with Crippen molar-refractivity contribution in [3.05, 3.63) is 29.6 Å². The van der Waals surface area contributed by atoms with E-state index in [0.29, 0.717) is 11.8 Å². The average molecular weight is 292 g/mol. The Kier molecular flexibility index (Phi) is 3.63. The molecule has 3 unspecified atom stereocenters. The second-order valence-electron chi connectivity index (χ2n) is 5.73. The van der Waals surface area contributed by atoms with Crippen LogP contribution in [0.25, 0.3) is 0 Å². The zero-order valence-corrected chi connectivity index (χ0v) is 11.4. The van der Waals surface area contributed by atoms with Crippen LogP contribution >= 0.6 is 0 Å². The maximum atomic E-state index is 13.3. The summed E-state index contributed by atoms with van der Waals surface area (Å²) in [5.41, 5.74) is -0.0959. The third-order valence-corrected chi connectivity index (χ3v) is 4.50. The summed E-state index contributed by atoms with van der Waals surface area (Å²) in [6, 6.07) is 2.96. The van der Waals surface area contributed by atoms with Gasteiger partial charge in [0.15, 0.2) is 0 Å². The molecule has 0 aromatic heterocycles. The molecule has 2 aliphatic rings. The number of nitrogens with one attached hydrogen (secondary N) is 2. The van der Waals surface area contributed by atoms with Crippen LogP contribution in [0.4, 0.5) is 10.1 Å². The summed E-state index contributed by atoms with van der Waals surface area (Å²) < 4.78 is 13.3. The molecule has 0 bridgehead atoms. The summed E-state index contributed by atoms with van der Waals surface area (Å²) in [7, 11) is 0. The Morgan fingerprint density at radius 2 is 2.14 bits per heavy atom. The number of carbonyl (C=O) groups is 2. The van der Waals surface area contributed by atoms with E-state index in [0.717, 1.165) is 44.0 Å². The molecule has 0 radical (unpaired) electrons. The first-order valence-corrected chi connectivity index (χ1v) is 7.13. The minimum atomic E-state index is -1.19. The van der Waals surface area contributed by atoms with Gasteiger partial charge >= 0.3 is 5.97 Å². The van der Waals surface area contributed by atoms with Crippen molar-refractivity contribution in [2.24, 2.45) is 11.8 Å². The first kappa shape index (κ1) is 14.0. The fraction of sp³-hybridized carbons (Fsp3) is 0.467. The number of benzene rings is 1. The van der Waals surface area contributed by atoms with Gasteiger partial charge in [-0.05, 0) is 49.4 Å². The highest BCUT2D eigenvalue weighted by molar-refractivity contribution is 6.02. The lowest BCUT2D eigenvalue weighted by Gasteiger charge is -2.18. The molecule has 0 spiro atoms. The number of hydrogen-bond acceptors (Lipinski definition) is 3. The van der Waals surface area contributed by atoms with Crippen LogP contribution < -0.4 is 10.6 Å². The molecule has 112 valence electrons. The van der Waals surface area contributed by atoms with Gasteiger partial charge in [-0.1, -0.05) is 6.42 Å². The SMILES string of the molecule is O=C(O)c1ccc(F)cc1NC(=O)C1NCC2CCCC21. The number of carboxylic acids is 1. The van der Waals surface area contributed by atoms with Crippen LogP contribution in [-0.4, -0.2) is 29.6 Å². The van der Waals surface area contributed by atoms with Crippen molar-refractivity contribution in [1.29, 1.82) is 0 Å². The summed E-state index contributed by atoms with van der Waals surface area (Å²) >= 11 is 0. The van der Waals surface area contributed by atoms with E-state index in [1.807, 2.05) is 0 Å². The molecule has 1 saturated heterocycles. The summed E-state index contributed by atoms with van der Waals surface area (Å²) in [6.07, 6.45) is 3.26. The summed E-state index contributed by atoms with van der Waals surface area (Å²) in [5, 5.41) is 14.8. The minimum absolute atomic E-state index is 0.00995. The van der Waals surface area contributed by atoms with Crippen molar-refractivity contribution in [2.75, 3.05) is 11.9 Å². The van der Waals surface area contributed by atoms with Crippen LogP contribution in [0.5, 0.6) is 0 Å². The third kappa shape index (κ3) is 2.63. The normalized spacial score (nSPS) is 27.4. The largest absolute Gasteiger partial charge is 0.478 e. The maximum absolute atomic E-state index is 13.3.